The lowest BCUT2D eigenvalue weighted by Gasteiger charge is -2.09. The maximum atomic E-state index is 13.4. The molecule has 7 heteroatoms. The Balaban J connectivity index is 2.28. The Morgan fingerprint density at radius 1 is 1.22 bits per heavy atom. The van der Waals surface area contributed by atoms with Gasteiger partial charge in [-0.15, -0.1) is 0 Å². The van der Waals surface area contributed by atoms with E-state index >= 15 is 0 Å². The molecule has 0 unspecified atom stereocenters. The van der Waals surface area contributed by atoms with Gasteiger partial charge >= 0.3 is 0 Å². The molecule has 0 aliphatic carbocycles. The van der Waals surface area contributed by atoms with E-state index in [1.54, 1.807) is 0 Å². The number of hydrogen-bond acceptors (Lipinski definition) is 4. The Bertz CT molecular complexity index is 566. The van der Waals surface area contributed by atoms with Gasteiger partial charge in [0.1, 0.15) is 17.8 Å². The topological polar surface area (TPSA) is 80.9 Å². The van der Waals surface area contributed by atoms with Crippen molar-refractivity contribution in [1.29, 1.82) is 0 Å². The first-order valence-corrected chi connectivity index (χ1v) is 4.89. The van der Waals surface area contributed by atoms with E-state index in [9.17, 15) is 13.6 Å². The maximum Gasteiger partial charge on any atom is 0.258 e. The van der Waals surface area contributed by atoms with E-state index in [0.717, 1.165) is 6.07 Å². The molecule has 92 valence electrons. The first-order chi connectivity index (χ1) is 8.58. The van der Waals surface area contributed by atoms with Crippen molar-refractivity contribution in [1.82, 2.24) is 9.97 Å². The van der Waals surface area contributed by atoms with Crippen molar-refractivity contribution in [2.24, 2.45) is 0 Å². The van der Waals surface area contributed by atoms with Crippen molar-refractivity contribution in [3.05, 3.63) is 48.1 Å². The van der Waals surface area contributed by atoms with Crippen molar-refractivity contribution in [3.63, 3.8) is 0 Å². The van der Waals surface area contributed by atoms with Crippen molar-refractivity contribution >= 4 is 17.3 Å². The molecule has 0 fully saturated rings. The zero-order valence-corrected chi connectivity index (χ0v) is 9.02. The Kier molecular flexibility index (Phi) is 3.13. The van der Waals surface area contributed by atoms with Crippen molar-refractivity contribution in [2.75, 3.05) is 11.1 Å². The maximum absolute atomic E-state index is 13.4. The lowest BCUT2D eigenvalue weighted by atomic mass is 10.2. The van der Waals surface area contributed by atoms with Crippen molar-refractivity contribution in [2.45, 2.75) is 0 Å². The first-order valence-electron chi connectivity index (χ1n) is 4.89. The number of hydrogen-bond donors (Lipinski definition) is 2. The number of benzene rings is 1. The molecule has 0 aliphatic rings. The second-order valence-corrected chi connectivity index (χ2v) is 3.43. The van der Waals surface area contributed by atoms with E-state index < -0.39 is 17.5 Å². The highest BCUT2D eigenvalue weighted by Crippen LogP contribution is 2.24. The average molecular weight is 250 g/mol. The van der Waals surface area contributed by atoms with Crippen LogP contribution in [0.1, 0.15) is 10.4 Å². The van der Waals surface area contributed by atoms with Crippen LogP contribution in [0.2, 0.25) is 0 Å². The molecule has 1 heterocycles. The number of nitrogens with zero attached hydrogens (tertiary/aromatic N) is 2. The molecule has 5 nitrogen and oxygen atoms in total. The number of nitrogen functional groups attached to an aromatic ring is 1. The minimum absolute atomic E-state index is 0.139. The fourth-order valence-electron chi connectivity index (χ4n) is 1.33. The predicted octanol–water partition coefficient (Wildman–Crippen LogP) is 1.59. The van der Waals surface area contributed by atoms with Crippen molar-refractivity contribution in [3.8, 4) is 0 Å². The van der Waals surface area contributed by atoms with Crippen LogP contribution in [0, 0.1) is 11.6 Å². The predicted molar refractivity (Wildman–Crippen MR) is 60.8 cm³/mol. The smallest absolute Gasteiger partial charge is 0.258 e. The number of aromatic nitrogens is 2. The van der Waals surface area contributed by atoms with Gasteiger partial charge in [0.25, 0.3) is 5.91 Å². The molecular weight excluding hydrogens is 242 g/mol. The van der Waals surface area contributed by atoms with Gasteiger partial charge in [-0.25, -0.2) is 18.7 Å². The van der Waals surface area contributed by atoms with Crippen LogP contribution in [0.25, 0.3) is 0 Å². The van der Waals surface area contributed by atoms with Crippen LogP contribution < -0.4 is 11.1 Å². The van der Waals surface area contributed by atoms with Gasteiger partial charge in [0.05, 0.1) is 11.3 Å². The number of nitrogens with two attached hydrogens (primary N) is 1. The van der Waals surface area contributed by atoms with E-state index in [0.29, 0.717) is 6.07 Å². The van der Waals surface area contributed by atoms with Crippen LogP contribution in [0.3, 0.4) is 0 Å². The molecule has 1 aromatic heterocycles. The van der Waals surface area contributed by atoms with Gasteiger partial charge in [0, 0.05) is 18.5 Å². The fourth-order valence-corrected chi connectivity index (χ4v) is 1.33. The molecule has 0 saturated heterocycles. The van der Waals surface area contributed by atoms with Crippen LogP contribution in [-0.4, -0.2) is 15.9 Å². The number of carbonyl (C=O) groups is 1. The first kappa shape index (κ1) is 11.9. The summed E-state index contributed by atoms with van der Waals surface area (Å²) in [6.07, 6.45) is 3.78. The molecule has 1 amide bonds. The molecule has 0 saturated carbocycles. The van der Waals surface area contributed by atoms with Crippen LogP contribution in [0.15, 0.2) is 30.9 Å². The quantitative estimate of drug-likeness (QED) is 0.793. The molecule has 1 aromatic carbocycles. The van der Waals surface area contributed by atoms with E-state index in [-0.39, 0.29) is 16.9 Å². The van der Waals surface area contributed by atoms with Gasteiger partial charge < -0.3 is 11.1 Å². The highest BCUT2D eigenvalue weighted by molar-refractivity contribution is 6.05. The molecule has 2 rings (SSSR count). The molecule has 0 radical (unpaired) electrons. The summed E-state index contributed by atoms with van der Waals surface area (Å²) in [5, 5.41) is 2.24. The van der Waals surface area contributed by atoms with Crippen LogP contribution >= 0.6 is 0 Å². The second-order valence-electron chi connectivity index (χ2n) is 3.43. The molecule has 0 bridgehead atoms. The molecule has 3 N–H and O–H groups in total. The van der Waals surface area contributed by atoms with E-state index in [1.165, 1.54) is 18.7 Å². The molecule has 0 spiro atoms. The summed E-state index contributed by atoms with van der Waals surface area (Å²) in [7, 11) is 0. The number of nitrogens with one attached hydrogen (secondary N) is 1. The largest absolute Gasteiger partial charge is 0.397 e. The lowest BCUT2D eigenvalue weighted by Crippen LogP contribution is -2.15. The summed E-state index contributed by atoms with van der Waals surface area (Å²) < 4.78 is 26.2. The van der Waals surface area contributed by atoms with Gasteiger partial charge in [-0.05, 0) is 6.07 Å². The number of amides is 1. The van der Waals surface area contributed by atoms with Crippen molar-refractivity contribution < 1.29 is 13.6 Å². The Hall–Kier alpha value is -2.57. The molecule has 0 atom stereocenters. The summed E-state index contributed by atoms with van der Waals surface area (Å²) in [6, 6.07) is 1.55. The average Bonchev–Trinajstić information content (AvgIpc) is 2.34. The molecular formula is C11H8F2N4O. The number of halogens is 2. The molecule has 0 aliphatic heterocycles. The zero-order chi connectivity index (χ0) is 13.1. The van der Waals surface area contributed by atoms with Gasteiger partial charge in [-0.2, -0.15) is 0 Å². The highest BCUT2D eigenvalue weighted by Gasteiger charge is 2.13. The second kappa shape index (κ2) is 4.74. The number of anilines is 2. The van der Waals surface area contributed by atoms with Gasteiger partial charge in [0.15, 0.2) is 5.82 Å². The minimum Gasteiger partial charge on any atom is -0.397 e. The zero-order valence-electron chi connectivity index (χ0n) is 9.02. The summed E-state index contributed by atoms with van der Waals surface area (Å²) in [5.74, 6) is -2.39. The van der Waals surface area contributed by atoms with Gasteiger partial charge in [-0.3, -0.25) is 4.79 Å². The summed E-state index contributed by atoms with van der Waals surface area (Å²) in [6.45, 7) is 0. The Morgan fingerprint density at radius 2 is 1.89 bits per heavy atom. The Labute approximate surface area is 101 Å². The fraction of sp³-hybridized carbons (Fsp3) is 0. The third-order valence-corrected chi connectivity index (χ3v) is 2.15. The van der Waals surface area contributed by atoms with Crippen LogP contribution in [0.5, 0.6) is 0 Å². The van der Waals surface area contributed by atoms with Crippen LogP contribution in [0.4, 0.5) is 20.2 Å². The summed E-state index contributed by atoms with van der Waals surface area (Å²) >= 11 is 0. The third kappa shape index (κ3) is 2.40. The highest BCUT2D eigenvalue weighted by atomic mass is 19.1. The Morgan fingerprint density at radius 3 is 2.50 bits per heavy atom. The number of carbonyl (C=O) groups excluding carboxylic acids is 1. The van der Waals surface area contributed by atoms with Crippen LogP contribution in [-0.2, 0) is 0 Å². The van der Waals surface area contributed by atoms with Gasteiger partial charge in [-0.1, -0.05) is 0 Å². The third-order valence-electron chi connectivity index (χ3n) is 2.15. The summed E-state index contributed by atoms with van der Waals surface area (Å²) in [4.78, 5) is 19.0. The number of rotatable bonds is 2. The standard InChI is InChI=1S/C11H8F2N4O/c12-7-1-8(13)10(9(14)2-7)17-11(18)6-3-15-5-16-4-6/h1-5H,14H2,(H,17,18). The molecule has 18 heavy (non-hydrogen) atoms. The van der Waals surface area contributed by atoms with E-state index in [1.807, 2.05) is 0 Å². The normalized spacial score (nSPS) is 10.1. The monoisotopic (exact) mass is 250 g/mol. The van der Waals surface area contributed by atoms with E-state index in [4.69, 9.17) is 5.73 Å². The lowest BCUT2D eigenvalue weighted by molar-refractivity contribution is 0.102. The minimum atomic E-state index is -0.947. The van der Waals surface area contributed by atoms with E-state index in [2.05, 4.69) is 15.3 Å². The SMILES string of the molecule is Nc1cc(F)cc(F)c1NC(=O)c1cncnc1. The summed E-state index contributed by atoms with van der Waals surface area (Å²) in [5.41, 5.74) is 5.09. The van der Waals surface area contributed by atoms with Gasteiger partial charge in [0.2, 0.25) is 0 Å². The molecule has 2 aromatic rings.